The maximum atomic E-state index is 12.8. The lowest BCUT2D eigenvalue weighted by atomic mass is 10.1. The highest BCUT2D eigenvalue weighted by atomic mass is 16.5. The molecule has 0 aromatic heterocycles. The molecule has 2 heterocycles. The van der Waals surface area contributed by atoms with E-state index in [1.165, 1.54) is 0 Å². The van der Waals surface area contributed by atoms with Gasteiger partial charge in [-0.05, 0) is 42.7 Å². The van der Waals surface area contributed by atoms with E-state index in [0.29, 0.717) is 12.1 Å². The van der Waals surface area contributed by atoms with Gasteiger partial charge in [0.1, 0.15) is 0 Å². The van der Waals surface area contributed by atoms with Gasteiger partial charge in [0, 0.05) is 31.9 Å². The van der Waals surface area contributed by atoms with Gasteiger partial charge in [-0.1, -0.05) is 30.3 Å². The van der Waals surface area contributed by atoms with Crippen LogP contribution >= 0.6 is 0 Å². The van der Waals surface area contributed by atoms with Crippen molar-refractivity contribution in [3.63, 3.8) is 0 Å². The van der Waals surface area contributed by atoms with Crippen LogP contribution in [-0.2, 0) is 27.2 Å². The van der Waals surface area contributed by atoms with Crippen LogP contribution < -0.4 is 4.90 Å². The van der Waals surface area contributed by atoms with Crippen molar-refractivity contribution in [1.29, 1.82) is 0 Å². The monoisotopic (exact) mass is 394 g/mol. The first-order chi connectivity index (χ1) is 14.1. The molecule has 152 valence electrons. The molecule has 1 saturated heterocycles. The number of hydrogen-bond donors (Lipinski definition) is 0. The van der Waals surface area contributed by atoms with Crippen molar-refractivity contribution < 1.29 is 19.1 Å². The Bertz CT molecular complexity index is 875. The average molecular weight is 394 g/mol. The molecule has 2 aromatic rings. The predicted octanol–water partition coefficient (Wildman–Crippen LogP) is 2.65. The van der Waals surface area contributed by atoms with Gasteiger partial charge in [-0.15, -0.1) is 0 Å². The first kappa shape index (κ1) is 19.6. The molecule has 1 atom stereocenters. The summed E-state index contributed by atoms with van der Waals surface area (Å²) in [5, 5.41) is 0. The Morgan fingerprint density at radius 2 is 1.76 bits per heavy atom. The maximum Gasteiger partial charge on any atom is 0.338 e. The van der Waals surface area contributed by atoms with Gasteiger partial charge in [-0.3, -0.25) is 9.69 Å². The number of carbonyl (C=O) groups is 2. The Morgan fingerprint density at radius 3 is 2.52 bits per heavy atom. The van der Waals surface area contributed by atoms with Crippen molar-refractivity contribution in [2.45, 2.75) is 26.0 Å². The topological polar surface area (TPSA) is 59.1 Å². The van der Waals surface area contributed by atoms with Crippen LogP contribution in [-0.4, -0.2) is 55.7 Å². The Balaban J connectivity index is 1.34. The molecule has 0 N–H and O–H groups in total. The zero-order valence-corrected chi connectivity index (χ0v) is 16.7. The maximum absolute atomic E-state index is 12.8. The third-order valence-corrected chi connectivity index (χ3v) is 5.48. The quantitative estimate of drug-likeness (QED) is 0.730. The zero-order valence-electron chi connectivity index (χ0n) is 16.7. The Morgan fingerprint density at radius 1 is 1.03 bits per heavy atom. The van der Waals surface area contributed by atoms with E-state index in [1.807, 2.05) is 36.4 Å². The summed E-state index contributed by atoms with van der Waals surface area (Å²) < 4.78 is 10.8. The largest absolute Gasteiger partial charge is 0.449 e. The van der Waals surface area contributed by atoms with Gasteiger partial charge in [0.2, 0.25) is 0 Å². The van der Waals surface area contributed by atoms with E-state index in [9.17, 15) is 9.59 Å². The molecule has 0 spiro atoms. The predicted molar refractivity (Wildman–Crippen MR) is 110 cm³/mol. The summed E-state index contributed by atoms with van der Waals surface area (Å²) >= 11 is 0. The van der Waals surface area contributed by atoms with Crippen LogP contribution in [0.25, 0.3) is 0 Å². The molecular formula is C23H26N2O4. The summed E-state index contributed by atoms with van der Waals surface area (Å²) in [6, 6.07) is 15.3. The third-order valence-electron chi connectivity index (χ3n) is 5.48. The minimum absolute atomic E-state index is 0.188. The Hall–Kier alpha value is -2.70. The van der Waals surface area contributed by atoms with Gasteiger partial charge < -0.3 is 14.4 Å². The fourth-order valence-corrected chi connectivity index (χ4v) is 3.83. The van der Waals surface area contributed by atoms with Crippen LogP contribution in [0.1, 0.15) is 28.4 Å². The van der Waals surface area contributed by atoms with Gasteiger partial charge in [0.25, 0.3) is 5.91 Å². The number of esters is 1. The fourth-order valence-electron chi connectivity index (χ4n) is 3.83. The third kappa shape index (κ3) is 4.49. The van der Waals surface area contributed by atoms with Gasteiger partial charge >= 0.3 is 5.97 Å². The number of hydrogen-bond acceptors (Lipinski definition) is 5. The number of nitrogens with zero attached hydrogens (tertiary/aromatic N) is 2. The summed E-state index contributed by atoms with van der Waals surface area (Å²) in [6.07, 6.45) is -0.00520. The lowest BCUT2D eigenvalue weighted by molar-refractivity contribution is -0.126. The molecule has 2 aliphatic heterocycles. The summed E-state index contributed by atoms with van der Waals surface area (Å²) in [6.45, 7) is 6.45. The van der Waals surface area contributed by atoms with Crippen molar-refractivity contribution in [3.8, 4) is 0 Å². The second-order valence-corrected chi connectivity index (χ2v) is 7.50. The van der Waals surface area contributed by atoms with E-state index < -0.39 is 12.1 Å². The first-order valence-electron chi connectivity index (χ1n) is 10.1. The number of anilines is 1. The highest BCUT2D eigenvalue weighted by Gasteiger charge is 2.29. The van der Waals surface area contributed by atoms with Crippen LogP contribution in [0.3, 0.4) is 0 Å². The van der Waals surface area contributed by atoms with E-state index in [-0.39, 0.29) is 5.91 Å². The molecule has 0 bridgehead atoms. The molecule has 0 aliphatic carbocycles. The normalized spacial score (nSPS) is 17.6. The minimum atomic E-state index is -0.832. The summed E-state index contributed by atoms with van der Waals surface area (Å²) in [7, 11) is 0. The van der Waals surface area contributed by atoms with Crippen molar-refractivity contribution in [3.05, 3.63) is 65.2 Å². The van der Waals surface area contributed by atoms with Crippen LogP contribution in [0.5, 0.6) is 0 Å². The SMILES string of the molecule is C[C@@H](OC(=O)c1ccc(CN2CCOCC2)cc1)C(=O)N1CCc2ccccc21. The molecular weight excluding hydrogens is 368 g/mol. The molecule has 4 rings (SSSR count). The number of rotatable bonds is 5. The molecule has 1 fully saturated rings. The van der Waals surface area contributed by atoms with Crippen LogP contribution in [0, 0.1) is 0 Å². The van der Waals surface area contributed by atoms with Gasteiger partial charge in [-0.25, -0.2) is 4.79 Å². The standard InChI is InChI=1S/C23H26N2O4/c1-17(22(26)25-11-10-19-4-2-3-5-21(19)25)29-23(27)20-8-6-18(7-9-20)16-24-12-14-28-15-13-24/h2-9,17H,10-16H2,1H3/t17-/m1/s1. The van der Waals surface area contributed by atoms with Crippen LogP contribution in [0.4, 0.5) is 5.69 Å². The lowest BCUT2D eigenvalue weighted by Gasteiger charge is -2.26. The molecule has 6 heteroatoms. The summed E-state index contributed by atoms with van der Waals surface area (Å²) in [4.78, 5) is 29.3. The summed E-state index contributed by atoms with van der Waals surface area (Å²) in [5.41, 5.74) is 3.65. The van der Waals surface area contributed by atoms with Crippen molar-refractivity contribution in [2.24, 2.45) is 0 Å². The van der Waals surface area contributed by atoms with Crippen molar-refractivity contribution in [1.82, 2.24) is 4.90 Å². The zero-order chi connectivity index (χ0) is 20.2. The van der Waals surface area contributed by atoms with E-state index in [0.717, 1.165) is 56.1 Å². The van der Waals surface area contributed by atoms with Gasteiger partial charge in [-0.2, -0.15) is 0 Å². The number of para-hydroxylation sites is 1. The van der Waals surface area contributed by atoms with E-state index in [2.05, 4.69) is 4.90 Å². The van der Waals surface area contributed by atoms with Crippen LogP contribution in [0.15, 0.2) is 48.5 Å². The summed E-state index contributed by atoms with van der Waals surface area (Å²) in [5.74, 6) is -0.663. The second-order valence-electron chi connectivity index (χ2n) is 7.50. The van der Waals surface area contributed by atoms with Gasteiger partial charge in [0.15, 0.2) is 6.10 Å². The Labute approximate surface area is 171 Å². The van der Waals surface area contributed by atoms with E-state index >= 15 is 0 Å². The van der Waals surface area contributed by atoms with E-state index in [4.69, 9.17) is 9.47 Å². The van der Waals surface area contributed by atoms with Gasteiger partial charge in [0.05, 0.1) is 18.8 Å². The number of fused-ring (bicyclic) bond motifs is 1. The number of benzene rings is 2. The number of ether oxygens (including phenoxy) is 2. The molecule has 0 radical (unpaired) electrons. The average Bonchev–Trinajstić information content (AvgIpc) is 3.18. The second kappa shape index (κ2) is 8.76. The molecule has 0 unspecified atom stereocenters. The highest BCUT2D eigenvalue weighted by molar-refractivity contribution is 6.00. The van der Waals surface area contributed by atoms with E-state index in [1.54, 1.807) is 24.0 Å². The first-order valence-corrected chi connectivity index (χ1v) is 10.1. The van der Waals surface area contributed by atoms with Crippen molar-refractivity contribution in [2.75, 3.05) is 37.7 Å². The number of amides is 1. The molecule has 29 heavy (non-hydrogen) atoms. The van der Waals surface area contributed by atoms with Crippen LogP contribution in [0.2, 0.25) is 0 Å². The number of morpholine rings is 1. The number of carbonyl (C=O) groups excluding carboxylic acids is 2. The minimum Gasteiger partial charge on any atom is -0.449 e. The fraction of sp³-hybridized carbons (Fsp3) is 0.391. The Kier molecular flexibility index (Phi) is 5.92. The smallest absolute Gasteiger partial charge is 0.338 e. The molecule has 1 amide bonds. The molecule has 2 aromatic carbocycles. The lowest BCUT2D eigenvalue weighted by Crippen LogP contribution is -2.39. The molecule has 6 nitrogen and oxygen atoms in total. The molecule has 0 saturated carbocycles. The van der Waals surface area contributed by atoms with Crippen molar-refractivity contribution >= 4 is 17.6 Å². The highest BCUT2D eigenvalue weighted by Crippen LogP contribution is 2.28. The molecule has 2 aliphatic rings.